The van der Waals surface area contributed by atoms with E-state index < -0.39 is 11.5 Å². The maximum Gasteiger partial charge on any atom is 0.336 e. The highest BCUT2D eigenvalue weighted by atomic mass is 35.5. The zero-order valence-electron chi connectivity index (χ0n) is 23.9. The first-order chi connectivity index (χ1) is 19.9. The molecule has 0 bridgehead atoms. The molecule has 0 saturated carbocycles. The standard InChI is InChI=1S/C34H36ClN3O3/c1-5-37(6-2)27-21-22-28(38(7-3)8-4)32(31(27)35)36-34(24-16-10-9-15-23(24)33(39)40)25-17-11-13-19-29(25)41-30-20-14-12-18-26(30)34/h9-22,36H,5-8H2,1-4H3,(H,39,40). The second kappa shape index (κ2) is 11.8. The number of halogens is 1. The van der Waals surface area contributed by atoms with E-state index in [1.807, 2.05) is 60.7 Å². The number of para-hydroxylation sites is 2. The quantitative estimate of drug-likeness (QED) is 0.200. The average molecular weight is 570 g/mol. The highest BCUT2D eigenvalue weighted by Crippen LogP contribution is 2.54. The summed E-state index contributed by atoms with van der Waals surface area (Å²) in [5, 5.41) is 14.9. The molecule has 0 unspecified atom stereocenters. The molecule has 1 aliphatic rings. The summed E-state index contributed by atoms with van der Waals surface area (Å²) in [6.45, 7) is 11.6. The van der Waals surface area contributed by atoms with Gasteiger partial charge in [0.2, 0.25) is 0 Å². The molecule has 6 nitrogen and oxygen atoms in total. The van der Waals surface area contributed by atoms with Gasteiger partial charge in [-0.25, -0.2) is 4.79 Å². The van der Waals surface area contributed by atoms with E-state index in [1.165, 1.54) is 0 Å². The highest BCUT2D eigenvalue weighted by molar-refractivity contribution is 6.36. The topological polar surface area (TPSA) is 65.0 Å². The van der Waals surface area contributed by atoms with Gasteiger partial charge in [0.05, 0.1) is 27.6 Å². The Balaban J connectivity index is 1.92. The van der Waals surface area contributed by atoms with Crippen LogP contribution in [0.5, 0.6) is 11.5 Å². The predicted octanol–water partition coefficient (Wildman–Crippen LogP) is 8.24. The maximum absolute atomic E-state index is 12.7. The Bertz CT molecular complexity index is 1520. The first kappa shape index (κ1) is 28.4. The summed E-state index contributed by atoms with van der Waals surface area (Å²) in [6, 6.07) is 27.0. The number of carbonyl (C=O) groups is 1. The van der Waals surface area contributed by atoms with Gasteiger partial charge in [0.25, 0.3) is 0 Å². The van der Waals surface area contributed by atoms with Crippen molar-refractivity contribution in [1.82, 2.24) is 0 Å². The molecule has 0 aromatic heterocycles. The average Bonchev–Trinajstić information content (AvgIpc) is 3.00. The summed E-state index contributed by atoms with van der Waals surface area (Å²) < 4.78 is 6.40. The minimum Gasteiger partial charge on any atom is -0.478 e. The Morgan fingerprint density at radius 3 is 1.73 bits per heavy atom. The number of ether oxygens (including phenoxy) is 1. The van der Waals surface area contributed by atoms with Crippen molar-refractivity contribution in [3.8, 4) is 11.5 Å². The Kier molecular flexibility index (Phi) is 8.13. The number of hydrogen-bond acceptors (Lipinski definition) is 5. The lowest BCUT2D eigenvalue weighted by molar-refractivity contribution is 0.0694. The van der Waals surface area contributed by atoms with Crippen LogP contribution in [0.2, 0.25) is 5.02 Å². The summed E-state index contributed by atoms with van der Waals surface area (Å²) in [4.78, 5) is 17.2. The van der Waals surface area contributed by atoms with Crippen LogP contribution in [0.3, 0.4) is 0 Å². The van der Waals surface area contributed by atoms with Crippen molar-refractivity contribution in [2.45, 2.75) is 33.2 Å². The maximum atomic E-state index is 12.7. The molecule has 0 atom stereocenters. The van der Waals surface area contributed by atoms with Crippen molar-refractivity contribution in [1.29, 1.82) is 0 Å². The van der Waals surface area contributed by atoms with Crippen molar-refractivity contribution < 1.29 is 14.6 Å². The Labute approximate surface area is 247 Å². The van der Waals surface area contributed by atoms with Crippen molar-refractivity contribution in [3.63, 3.8) is 0 Å². The molecule has 0 fully saturated rings. The lowest BCUT2D eigenvalue weighted by atomic mass is 9.73. The number of fused-ring (bicyclic) bond motifs is 2. The molecular weight excluding hydrogens is 534 g/mol. The summed E-state index contributed by atoms with van der Waals surface area (Å²) in [7, 11) is 0. The third-order valence-corrected chi connectivity index (χ3v) is 8.37. The smallest absolute Gasteiger partial charge is 0.336 e. The van der Waals surface area contributed by atoms with E-state index in [2.05, 4.69) is 54.9 Å². The highest BCUT2D eigenvalue weighted by Gasteiger charge is 2.46. The third kappa shape index (κ3) is 4.76. The summed E-state index contributed by atoms with van der Waals surface area (Å²) in [5.74, 6) is 0.300. The van der Waals surface area contributed by atoms with Gasteiger partial charge in [0.1, 0.15) is 17.0 Å². The summed E-state index contributed by atoms with van der Waals surface area (Å²) >= 11 is 7.37. The zero-order chi connectivity index (χ0) is 29.1. The van der Waals surface area contributed by atoms with E-state index in [0.717, 1.165) is 54.4 Å². The fourth-order valence-corrected chi connectivity index (χ4v) is 6.31. The third-order valence-electron chi connectivity index (χ3n) is 7.98. The van der Waals surface area contributed by atoms with E-state index in [4.69, 9.17) is 16.3 Å². The van der Waals surface area contributed by atoms with Gasteiger partial charge >= 0.3 is 5.97 Å². The molecule has 0 radical (unpaired) electrons. The number of rotatable bonds is 10. The molecule has 4 aromatic rings. The molecule has 4 aromatic carbocycles. The van der Waals surface area contributed by atoms with E-state index in [1.54, 1.807) is 12.1 Å². The van der Waals surface area contributed by atoms with Crippen LogP contribution in [0, 0.1) is 0 Å². The van der Waals surface area contributed by atoms with E-state index in [9.17, 15) is 9.90 Å². The van der Waals surface area contributed by atoms with Gasteiger partial charge in [-0.15, -0.1) is 0 Å². The van der Waals surface area contributed by atoms with Crippen LogP contribution >= 0.6 is 11.6 Å². The Hall–Kier alpha value is -4.16. The Morgan fingerprint density at radius 2 is 1.20 bits per heavy atom. The number of carboxylic acid groups (broad SMARTS) is 1. The monoisotopic (exact) mass is 569 g/mol. The van der Waals surface area contributed by atoms with Gasteiger partial charge in [0, 0.05) is 42.9 Å². The number of benzene rings is 4. The van der Waals surface area contributed by atoms with E-state index >= 15 is 0 Å². The molecule has 0 saturated heterocycles. The van der Waals surface area contributed by atoms with Crippen LogP contribution in [-0.4, -0.2) is 37.3 Å². The Morgan fingerprint density at radius 1 is 0.732 bits per heavy atom. The predicted molar refractivity (Wildman–Crippen MR) is 168 cm³/mol. The van der Waals surface area contributed by atoms with Crippen molar-refractivity contribution in [3.05, 3.63) is 112 Å². The summed E-state index contributed by atoms with van der Waals surface area (Å²) in [5.41, 5.74) is 3.90. The van der Waals surface area contributed by atoms with Crippen LogP contribution in [0.4, 0.5) is 17.1 Å². The second-order valence-electron chi connectivity index (χ2n) is 9.96. The summed E-state index contributed by atoms with van der Waals surface area (Å²) in [6.07, 6.45) is 0. The van der Waals surface area contributed by atoms with Crippen molar-refractivity contribution in [2.75, 3.05) is 41.3 Å². The lowest BCUT2D eigenvalue weighted by Crippen LogP contribution is -2.42. The molecule has 0 spiro atoms. The molecule has 1 heterocycles. The van der Waals surface area contributed by atoms with Crippen LogP contribution < -0.4 is 19.9 Å². The number of carboxylic acids is 1. The molecule has 7 heteroatoms. The first-order valence-corrected chi connectivity index (χ1v) is 14.6. The van der Waals surface area contributed by atoms with Gasteiger partial charge in [-0.2, -0.15) is 0 Å². The molecule has 5 rings (SSSR count). The minimum absolute atomic E-state index is 0.201. The molecule has 2 N–H and O–H groups in total. The number of nitrogens with zero attached hydrogens (tertiary/aromatic N) is 2. The van der Waals surface area contributed by atoms with Crippen LogP contribution in [0.1, 0.15) is 54.7 Å². The molecule has 212 valence electrons. The zero-order valence-corrected chi connectivity index (χ0v) is 24.7. The van der Waals surface area contributed by atoms with Gasteiger partial charge in [-0.05, 0) is 58.0 Å². The van der Waals surface area contributed by atoms with Crippen LogP contribution in [0.25, 0.3) is 0 Å². The van der Waals surface area contributed by atoms with Crippen LogP contribution in [0.15, 0.2) is 84.9 Å². The lowest BCUT2D eigenvalue weighted by Gasteiger charge is -2.44. The minimum atomic E-state index is -1.13. The largest absolute Gasteiger partial charge is 0.478 e. The number of aromatic carboxylic acids is 1. The molecular formula is C34H36ClN3O3. The first-order valence-electron chi connectivity index (χ1n) is 14.2. The van der Waals surface area contributed by atoms with Gasteiger partial charge in [-0.1, -0.05) is 66.2 Å². The molecule has 1 aliphatic heterocycles. The number of anilines is 3. The van der Waals surface area contributed by atoms with Crippen molar-refractivity contribution in [2.24, 2.45) is 0 Å². The molecule has 0 aliphatic carbocycles. The van der Waals surface area contributed by atoms with Gasteiger partial charge < -0.3 is 25.0 Å². The van der Waals surface area contributed by atoms with Gasteiger partial charge in [0.15, 0.2) is 0 Å². The SMILES string of the molecule is CCN(CC)c1ccc(N(CC)CC)c(NC2(c3ccccc3C(=O)O)c3ccccc3Oc3ccccc32)c1Cl. The fraction of sp³-hybridized carbons (Fsp3) is 0.265. The van der Waals surface area contributed by atoms with Crippen molar-refractivity contribution >= 4 is 34.6 Å². The normalized spacial score (nSPS) is 13.0. The molecule has 41 heavy (non-hydrogen) atoms. The van der Waals surface area contributed by atoms with E-state index in [-0.39, 0.29) is 5.56 Å². The van der Waals surface area contributed by atoms with Gasteiger partial charge in [-0.3, -0.25) is 0 Å². The second-order valence-corrected chi connectivity index (χ2v) is 10.3. The van der Waals surface area contributed by atoms with E-state index in [0.29, 0.717) is 22.1 Å². The van der Waals surface area contributed by atoms with Crippen LogP contribution in [-0.2, 0) is 5.54 Å². The number of hydrogen-bond donors (Lipinski definition) is 2. The molecule has 0 amide bonds. The fourth-order valence-electron chi connectivity index (χ4n) is 5.98. The number of nitrogens with one attached hydrogen (secondary N) is 1.